The molecule has 1 saturated heterocycles. The van der Waals surface area contributed by atoms with Crippen LogP contribution in [0.15, 0.2) is 36.1 Å². The Morgan fingerprint density at radius 3 is 2.70 bits per heavy atom. The molecule has 2 rings (SSSR count). The van der Waals surface area contributed by atoms with Crippen molar-refractivity contribution < 1.29 is 24.2 Å². The average molecular weight is 420 g/mol. The van der Waals surface area contributed by atoms with Crippen LogP contribution < -0.4 is 5.32 Å². The molecule has 0 aromatic heterocycles. The Morgan fingerprint density at radius 2 is 2.00 bits per heavy atom. The van der Waals surface area contributed by atoms with Crippen molar-refractivity contribution in [1.29, 1.82) is 0 Å². The van der Waals surface area contributed by atoms with Gasteiger partial charge >= 0.3 is 5.97 Å². The van der Waals surface area contributed by atoms with Gasteiger partial charge in [-0.05, 0) is 32.3 Å². The number of amides is 1. The lowest BCUT2D eigenvalue weighted by Gasteiger charge is -2.17. The van der Waals surface area contributed by atoms with Crippen LogP contribution in [-0.2, 0) is 19.1 Å². The number of aliphatic hydroxyl groups excluding tert-OH is 1. The van der Waals surface area contributed by atoms with Crippen LogP contribution in [0.25, 0.3) is 0 Å². The van der Waals surface area contributed by atoms with Crippen molar-refractivity contribution in [1.82, 2.24) is 5.32 Å². The molecule has 4 unspecified atom stereocenters. The van der Waals surface area contributed by atoms with Crippen LogP contribution in [0.2, 0.25) is 0 Å². The molecule has 2 heterocycles. The summed E-state index contributed by atoms with van der Waals surface area (Å²) in [6.45, 7) is 5.92. The molecule has 0 bridgehead atoms. The number of ether oxygens (including phenoxy) is 2. The number of carbonyl (C=O) groups excluding carboxylic acids is 2. The Hall–Kier alpha value is -1.92. The fourth-order valence-corrected chi connectivity index (χ4v) is 3.45. The SMILES string of the molecule is CCCCCCCC1OC1CC=CC=CC(O)CC(=O)NC1=CC(C)(CC)OC1=O. The van der Waals surface area contributed by atoms with Gasteiger partial charge in [-0.2, -0.15) is 0 Å². The summed E-state index contributed by atoms with van der Waals surface area (Å²) in [5.41, 5.74) is -0.535. The molecular formula is C24H37NO5. The molecule has 1 amide bonds. The molecule has 0 saturated carbocycles. The summed E-state index contributed by atoms with van der Waals surface area (Å²) >= 11 is 0. The Morgan fingerprint density at radius 1 is 1.23 bits per heavy atom. The van der Waals surface area contributed by atoms with Crippen molar-refractivity contribution in [3.05, 3.63) is 36.1 Å². The third-order valence-corrected chi connectivity index (χ3v) is 5.59. The van der Waals surface area contributed by atoms with E-state index in [1.807, 2.05) is 19.1 Å². The number of carbonyl (C=O) groups is 2. The van der Waals surface area contributed by atoms with E-state index in [2.05, 4.69) is 12.2 Å². The summed E-state index contributed by atoms with van der Waals surface area (Å²) in [6, 6.07) is 0. The van der Waals surface area contributed by atoms with Crippen LogP contribution in [0.1, 0.15) is 78.6 Å². The molecule has 168 valence electrons. The maximum Gasteiger partial charge on any atom is 0.355 e. The second kappa shape index (κ2) is 12.1. The largest absolute Gasteiger partial charge is 0.450 e. The van der Waals surface area contributed by atoms with E-state index in [0.717, 1.165) is 12.8 Å². The van der Waals surface area contributed by atoms with Crippen LogP contribution in [-0.4, -0.2) is 40.9 Å². The first-order chi connectivity index (χ1) is 14.4. The molecule has 6 heteroatoms. The number of unbranched alkanes of at least 4 members (excludes halogenated alkanes) is 4. The van der Waals surface area contributed by atoms with E-state index in [-0.39, 0.29) is 12.1 Å². The minimum Gasteiger partial charge on any atom is -0.450 e. The molecule has 0 aromatic rings. The summed E-state index contributed by atoms with van der Waals surface area (Å²) in [5, 5.41) is 12.5. The van der Waals surface area contributed by atoms with Gasteiger partial charge in [0.05, 0.1) is 24.7 Å². The van der Waals surface area contributed by atoms with Gasteiger partial charge in [0, 0.05) is 0 Å². The number of epoxide rings is 1. The van der Waals surface area contributed by atoms with E-state index in [9.17, 15) is 14.7 Å². The molecule has 2 aliphatic heterocycles. The van der Waals surface area contributed by atoms with Crippen LogP contribution in [0.5, 0.6) is 0 Å². The highest BCUT2D eigenvalue weighted by Crippen LogP contribution is 2.30. The van der Waals surface area contributed by atoms with Crippen LogP contribution >= 0.6 is 0 Å². The molecule has 4 atom stereocenters. The Kier molecular flexibility index (Phi) is 9.79. The third-order valence-electron chi connectivity index (χ3n) is 5.59. The normalized spacial score (nSPS) is 26.8. The average Bonchev–Trinajstić information content (AvgIpc) is 3.38. The number of hydrogen-bond donors (Lipinski definition) is 2. The number of hydrogen-bond acceptors (Lipinski definition) is 5. The number of rotatable bonds is 14. The molecule has 1 fully saturated rings. The molecule has 0 spiro atoms. The van der Waals surface area contributed by atoms with Crippen molar-refractivity contribution in [2.75, 3.05) is 0 Å². The number of allylic oxidation sites excluding steroid dienone is 2. The standard InChI is InChI=1S/C24H37NO5/c1-4-6-7-8-11-14-20-21(29-20)15-12-9-10-13-18(26)16-22(27)25-19-17-24(3,5-2)30-23(19)28/h9-10,12-13,17-18,20-21,26H,4-8,11,14-16H2,1-3H3,(H,25,27). The highest BCUT2D eigenvalue weighted by molar-refractivity contribution is 5.96. The Bertz CT molecular complexity index is 669. The molecule has 0 aliphatic carbocycles. The van der Waals surface area contributed by atoms with Crippen molar-refractivity contribution in [3.8, 4) is 0 Å². The lowest BCUT2D eigenvalue weighted by Crippen LogP contribution is -2.28. The van der Waals surface area contributed by atoms with Crippen LogP contribution in [0.4, 0.5) is 0 Å². The molecule has 30 heavy (non-hydrogen) atoms. The first-order valence-electron chi connectivity index (χ1n) is 11.3. The van der Waals surface area contributed by atoms with Crippen molar-refractivity contribution >= 4 is 11.9 Å². The molecule has 6 nitrogen and oxygen atoms in total. The quantitative estimate of drug-likeness (QED) is 0.192. The zero-order chi connectivity index (χ0) is 22.0. The highest BCUT2D eigenvalue weighted by atomic mass is 16.6. The molecule has 0 radical (unpaired) electrons. The molecule has 2 aliphatic rings. The minimum atomic E-state index is -0.918. The van der Waals surface area contributed by atoms with Gasteiger partial charge in [-0.3, -0.25) is 4.79 Å². The van der Waals surface area contributed by atoms with Gasteiger partial charge in [0.1, 0.15) is 11.3 Å². The molecule has 2 N–H and O–H groups in total. The molecule has 0 aromatic carbocycles. The fourth-order valence-electron chi connectivity index (χ4n) is 3.45. The Labute approximate surface area is 180 Å². The van der Waals surface area contributed by atoms with Crippen molar-refractivity contribution in [2.45, 2.75) is 102 Å². The summed E-state index contributed by atoms with van der Waals surface area (Å²) in [7, 11) is 0. The van der Waals surface area contributed by atoms with Crippen LogP contribution in [0.3, 0.4) is 0 Å². The summed E-state index contributed by atoms with van der Waals surface area (Å²) < 4.78 is 10.9. The monoisotopic (exact) mass is 419 g/mol. The van der Waals surface area contributed by atoms with Gasteiger partial charge in [0.2, 0.25) is 5.91 Å². The van der Waals surface area contributed by atoms with Gasteiger partial charge < -0.3 is 19.9 Å². The zero-order valence-corrected chi connectivity index (χ0v) is 18.6. The van der Waals surface area contributed by atoms with Gasteiger partial charge in [0.15, 0.2) is 0 Å². The lowest BCUT2D eigenvalue weighted by atomic mass is 10.0. The maximum atomic E-state index is 12.0. The highest BCUT2D eigenvalue weighted by Gasteiger charge is 2.36. The topological polar surface area (TPSA) is 88.2 Å². The maximum absolute atomic E-state index is 12.0. The first-order valence-corrected chi connectivity index (χ1v) is 11.3. The Balaban J connectivity index is 1.59. The number of cyclic esters (lactones) is 1. The summed E-state index contributed by atoms with van der Waals surface area (Å²) in [5.74, 6) is -0.963. The van der Waals surface area contributed by atoms with Gasteiger partial charge in [-0.15, -0.1) is 0 Å². The lowest BCUT2D eigenvalue weighted by molar-refractivity contribution is -0.146. The first kappa shape index (κ1) is 24.4. The number of nitrogens with one attached hydrogen (secondary N) is 1. The zero-order valence-electron chi connectivity index (χ0n) is 18.6. The number of aliphatic hydroxyl groups is 1. The van der Waals surface area contributed by atoms with Gasteiger partial charge in [-0.1, -0.05) is 70.3 Å². The van der Waals surface area contributed by atoms with E-state index in [1.54, 1.807) is 25.2 Å². The second-order valence-corrected chi connectivity index (χ2v) is 8.40. The molecular weight excluding hydrogens is 382 g/mol. The number of esters is 1. The minimum absolute atomic E-state index is 0.121. The van der Waals surface area contributed by atoms with E-state index in [4.69, 9.17) is 9.47 Å². The predicted octanol–water partition coefficient (Wildman–Crippen LogP) is 4.09. The van der Waals surface area contributed by atoms with E-state index >= 15 is 0 Å². The summed E-state index contributed by atoms with van der Waals surface area (Å²) in [6.07, 6.45) is 17.6. The summed E-state index contributed by atoms with van der Waals surface area (Å²) in [4.78, 5) is 23.8. The van der Waals surface area contributed by atoms with Crippen molar-refractivity contribution in [3.63, 3.8) is 0 Å². The predicted molar refractivity (Wildman–Crippen MR) is 117 cm³/mol. The third kappa shape index (κ3) is 8.44. The van der Waals surface area contributed by atoms with E-state index in [0.29, 0.717) is 18.6 Å². The smallest absolute Gasteiger partial charge is 0.355 e. The van der Waals surface area contributed by atoms with E-state index < -0.39 is 23.6 Å². The van der Waals surface area contributed by atoms with Crippen LogP contribution in [0, 0.1) is 0 Å². The van der Waals surface area contributed by atoms with E-state index in [1.165, 1.54) is 32.1 Å². The van der Waals surface area contributed by atoms with Gasteiger partial charge in [0.25, 0.3) is 0 Å². The second-order valence-electron chi connectivity index (χ2n) is 8.40. The fraction of sp³-hybridized carbons (Fsp3) is 0.667. The van der Waals surface area contributed by atoms with Gasteiger partial charge in [-0.25, -0.2) is 4.79 Å². The van der Waals surface area contributed by atoms with Crippen molar-refractivity contribution in [2.24, 2.45) is 0 Å².